The minimum Gasteiger partial charge on any atom is -0.391 e. The van der Waals surface area contributed by atoms with Crippen LogP contribution in [0.15, 0.2) is 48.5 Å². The van der Waals surface area contributed by atoms with Crippen molar-refractivity contribution in [3.63, 3.8) is 0 Å². The average molecular weight is 440 g/mol. The molecule has 172 valence electrons. The number of aliphatic hydroxyl groups excluding tert-OH is 1. The molecule has 0 aromatic heterocycles. The van der Waals surface area contributed by atoms with E-state index in [1.807, 2.05) is 0 Å². The predicted molar refractivity (Wildman–Crippen MR) is 123 cm³/mol. The molecule has 0 unspecified atom stereocenters. The number of likely N-dealkylation sites (tertiary alicyclic amines) is 1. The summed E-state index contributed by atoms with van der Waals surface area (Å²) in [4.78, 5) is 25.8. The van der Waals surface area contributed by atoms with Gasteiger partial charge in [-0.15, -0.1) is 0 Å². The Morgan fingerprint density at radius 2 is 1.59 bits per heavy atom. The van der Waals surface area contributed by atoms with E-state index in [1.54, 1.807) is 4.90 Å². The SMILES string of the molecule is CCCc1ccc(-c2ccc(C3CCN(C(=O)N[C@@H](C(=O)NO)[C@H](C)O)CC3)cc2)cc1. The Morgan fingerprint density at radius 1 is 1.03 bits per heavy atom. The summed E-state index contributed by atoms with van der Waals surface area (Å²) in [6.45, 7) is 4.69. The lowest BCUT2D eigenvalue weighted by Crippen LogP contribution is -2.56. The summed E-state index contributed by atoms with van der Waals surface area (Å²) < 4.78 is 0. The number of nitrogens with one attached hydrogen (secondary N) is 2. The zero-order chi connectivity index (χ0) is 23.1. The fourth-order valence-electron chi connectivity index (χ4n) is 4.22. The van der Waals surface area contributed by atoms with E-state index in [1.165, 1.54) is 34.7 Å². The zero-order valence-corrected chi connectivity index (χ0v) is 18.8. The van der Waals surface area contributed by atoms with Crippen molar-refractivity contribution < 1.29 is 19.9 Å². The highest BCUT2D eigenvalue weighted by molar-refractivity contribution is 5.86. The van der Waals surface area contributed by atoms with Gasteiger partial charge in [-0.1, -0.05) is 61.9 Å². The lowest BCUT2D eigenvalue weighted by atomic mass is 9.88. The van der Waals surface area contributed by atoms with Crippen LogP contribution >= 0.6 is 0 Å². The van der Waals surface area contributed by atoms with Gasteiger partial charge in [-0.2, -0.15) is 0 Å². The molecule has 1 heterocycles. The van der Waals surface area contributed by atoms with Crippen molar-refractivity contribution in [3.8, 4) is 11.1 Å². The summed E-state index contributed by atoms with van der Waals surface area (Å²) >= 11 is 0. The van der Waals surface area contributed by atoms with E-state index in [4.69, 9.17) is 5.21 Å². The second-order valence-electron chi connectivity index (χ2n) is 8.47. The van der Waals surface area contributed by atoms with Crippen molar-refractivity contribution in [2.24, 2.45) is 0 Å². The van der Waals surface area contributed by atoms with E-state index in [2.05, 4.69) is 60.8 Å². The topological polar surface area (TPSA) is 102 Å². The van der Waals surface area contributed by atoms with Crippen molar-refractivity contribution in [2.45, 2.75) is 57.6 Å². The van der Waals surface area contributed by atoms with Crippen LogP contribution in [0.2, 0.25) is 0 Å². The van der Waals surface area contributed by atoms with Crippen LogP contribution in [0, 0.1) is 0 Å². The number of hydrogen-bond acceptors (Lipinski definition) is 4. The quantitative estimate of drug-likeness (QED) is 0.392. The molecule has 7 nitrogen and oxygen atoms in total. The van der Waals surface area contributed by atoms with Crippen molar-refractivity contribution in [3.05, 3.63) is 59.7 Å². The van der Waals surface area contributed by atoms with Crippen LogP contribution in [-0.2, 0) is 11.2 Å². The Kier molecular flexibility index (Phi) is 8.25. The fourth-order valence-corrected chi connectivity index (χ4v) is 4.22. The van der Waals surface area contributed by atoms with E-state index in [0.717, 1.165) is 25.7 Å². The smallest absolute Gasteiger partial charge is 0.318 e. The van der Waals surface area contributed by atoms with Gasteiger partial charge in [0.25, 0.3) is 5.91 Å². The number of carbonyl (C=O) groups excluding carboxylic acids is 2. The third-order valence-electron chi connectivity index (χ3n) is 6.14. The van der Waals surface area contributed by atoms with Gasteiger partial charge in [0.2, 0.25) is 0 Å². The molecule has 1 aliphatic heterocycles. The van der Waals surface area contributed by atoms with Gasteiger partial charge < -0.3 is 15.3 Å². The van der Waals surface area contributed by atoms with Crippen LogP contribution in [0.4, 0.5) is 4.79 Å². The molecule has 2 aromatic carbocycles. The number of amides is 3. The Balaban J connectivity index is 1.55. The van der Waals surface area contributed by atoms with Gasteiger partial charge >= 0.3 is 6.03 Å². The van der Waals surface area contributed by atoms with Crippen molar-refractivity contribution in [2.75, 3.05) is 13.1 Å². The largest absolute Gasteiger partial charge is 0.391 e. The third-order valence-corrected chi connectivity index (χ3v) is 6.14. The van der Waals surface area contributed by atoms with Crippen LogP contribution in [0.1, 0.15) is 50.2 Å². The summed E-state index contributed by atoms with van der Waals surface area (Å²) in [5.41, 5.74) is 6.50. The van der Waals surface area contributed by atoms with E-state index >= 15 is 0 Å². The molecule has 1 aliphatic rings. The first kappa shape index (κ1) is 23.8. The summed E-state index contributed by atoms with van der Waals surface area (Å²) in [7, 11) is 0. The predicted octanol–water partition coefficient (Wildman–Crippen LogP) is 3.45. The number of hydroxylamine groups is 1. The van der Waals surface area contributed by atoms with Gasteiger partial charge in [-0.25, -0.2) is 10.3 Å². The molecular formula is C25H33N3O4. The molecule has 3 amide bonds. The first-order chi connectivity index (χ1) is 15.4. The molecular weight excluding hydrogens is 406 g/mol. The van der Waals surface area contributed by atoms with Gasteiger partial charge in [-0.05, 0) is 54.4 Å². The molecule has 1 saturated heterocycles. The monoisotopic (exact) mass is 439 g/mol. The van der Waals surface area contributed by atoms with E-state index < -0.39 is 24.1 Å². The maximum atomic E-state index is 12.5. The maximum absolute atomic E-state index is 12.5. The number of aryl methyl sites for hydroxylation is 1. The van der Waals surface area contributed by atoms with Gasteiger partial charge in [-0.3, -0.25) is 10.0 Å². The van der Waals surface area contributed by atoms with Crippen LogP contribution in [0.5, 0.6) is 0 Å². The standard InChI is InChI=1S/C25H33N3O4/c1-3-4-18-5-7-19(8-6-18)20-9-11-21(12-10-20)22-13-15-28(16-14-22)25(31)26-23(17(2)29)24(30)27-32/h5-12,17,22-23,29,32H,3-4,13-16H2,1-2H3,(H,26,31)(H,27,30)/t17-,23+/m0/s1. The van der Waals surface area contributed by atoms with Crippen molar-refractivity contribution >= 4 is 11.9 Å². The van der Waals surface area contributed by atoms with Crippen LogP contribution in [0.25, 0.3) is 11.1 Å². The molecule has 2 atom stereocenters. The number of carbonyl (C=O) groups is 2. The first-order valence-corrected chi connectivity index (χ1v) is 11.3. The molecule has 32 heavy (non-hydrogen) atoms. The molecule has 0 spiro atoms. The summed E-state index contributed by atoms with van der Waals surface area (Å²) in [5, 5.41) is 21.0. The molecule has 1 fully saturated rings. The number of aliphatic hydroxyl groups is 1. The fraction of sp³-hybridized carbons (Fsp3) is 0.440. The Bertz CT molecular complexity index is 888. The van der Waals surface area contributed by atoms with Crippen molar-refractivity contribution in [1.29, 1.82) is 0 Å². The summed E-state index contributed by atoms with van der Waals surface area (Å²) in [6, 6.07) is 15.8. The van der Waals surface area contributed by atoms with E-state index in [9.17, 15) is 14.7 Å². The molecule has 4 N–H and O–H groups in total. The molecule has 0 bridgehead atoms. The van der Waals surface area contributed by atoms with E-state index in [0.29, 0.717) is 19.0 Å². The van der Waals surface area contributed by atoms with Crippen LogP contribution < -0.4 is 10.8 Å². The molecule has 0 radical (unpaired) electrons. The lowest BCUT2D eigenvalue weighted by molar-refractivity contribution is -0.133. The van der Waals surface area contributed by atoms with Gasteiger partial charge in [0.05, 0.1) is 6.10 Å². The maximum Gasteiger partial charge on any atom is 0.318 e. The molecule has 2 aromatic rings. The second-order valence-corrected chi connectivity index (χ2v) is 8.47. The molecule has 3 rings (SSSR count). The minimum absolute atomic E-state index is 0.369. The Morgan fingerprint density at radius 3 is 2.09 bits per heavy atom. The Labute approximate surface area is 189 Å². The number of urea groups is 1. The van der Waals surface area contributed by atoms with Gasteiger partial charge in [0.1, 0.15) is 6.04 Å². The van der Waals surface area contributed by atoms with Gasteiger partial charge in [0, 0.05) is 13.1 Å². The third kappa shape index (κ3) is 5.87. The number of rotatable bonds is 7. The number of benzene rings is 2. The zero-order valence-electron chi connectivity index (χ0n) is 18.8. The first-order valence-electron chi connectivity index (χ1n) is 11.3. The minimum atomic E-state index is -1.20. The number of nitrogens with zero attached hydrogens (tertiary/aromatic N) is 1. The molecule has 7 heteroatoms. The normalized spacial score (nSPS) is 16.3. The summed E-state index contributed by atoms with van der Waals surface area (Å²) in [5.74, 6) is -0.475. The lowest BCUT2D eigenvalue weighted by Gasteiger charge is -2.33. The van der Waals surface area contributed by atoms with Crippen molar-refractivity contribution in [1.82, 2.24) is 15.7 Å². The average Bonchev–Trinajstić information content (AvgIpc) is 2.82. The highest BCUT2D eigenvalue weighted by atomic mass is 16.5. The van der Waals surface area contributed by atoms with E-state index in [-0.39, 0.29) is 0 Å². The van der Waals surface area contributed by atoms with Crippen LogP contribution in [-0.4, -0.2) is 52.4 Å². The number of piperidine rings is 1. The molecule has 0 aliphatic carbocycles. The highest BCUT2D eigenvalue weighted by Gasteiger charge is 2.29. The van der Waals surface area contributed by atoms with Crippen LogP contribution in [0.3, 0.4) is 0 Å². The highest BCUT2D eigenvalue weighted by Crippen LogP contribution is 2.30. The summed E-state index contributed by atoms with van der Waals surface area (Å²) in [6.07, 6.45) is 2.77. The van der Waals surface area contributed by atoms with Gasteiger partial charge in [0.15, 0.2) is 0 Å². The molecule has 0 saturated carbocycles. The second kappa shape index (κ2) is 11.1. The Hall–Kier alpha value is -2.90. The number of hydrogen-bond donors (Lipinski definition) is 4.